The van der Waals surface area contributed by atoms with E-state index in [2.05, 4.69) is 18.7 Å². The molecule has 3 fully saturated rings. The summed E-state index contributed by atoms with van der Waals surface area (Å²) in [6.45, 7) is 7.62. The third-order valence-electron chi connectivity index (χ3n) is 6.93. The maximum Gasteiger partial charge on any atom is 0.256 e. The summed E-state index contributed by atoms with van der Waals surface area (Å²) < 4.78 is 14.2. The Hall–Kier alpha value is -1.95. The van der Waals surface area contributed by atoms with Crippen molar-refractivity contribution in [1.82, 2.24) is 14.7 Å². The standard InChI is InChI=1S/C23H32FN3O2/c1-23(2)16-26(22(29)19-10-6-7-11-20(19)24)15-18-14-25(12-13-27(18)23)21(28)17-8-4-3-5-9-17/h6-7,10-11,17-18H,3-5,8-9,12-16H2,1-2H3/t18-/m0/s1. The van der Waals surface area contributed by atoms with E-state index in [0.717, 1.165) is 38.8 Å². The van der Waals surface area contributed by atoms with E-state index < -0.39 is 5.82 Å². The highest BCUT2D eigenvalue weighted by Crippen LogP contribution is 2.31. The second kappa shape index (κ2) is 8.05. The number of carbonyl (C=O) groups is 2. The summed E-state index contributed by atoms with van der Waals surface area (Å²) in [6, 6.07) is 6.28. The van der Waals surface area contributed by atoms with Gasteiger partial charge in [-0.25, -0.2) is 4.39 Å². The zero-order chi connectivity index (χ0) is 20.6. The molecule has 2 heterocycles. The number of nitrogens with zero attached hydrogens (tertiary/aromatic N) is 3. The van der Waals surface area contributed by atoms with Gasteiger partial charge >= 0.3 is 0 Å². The monoisotopic (exact) mass is 401 g/mol. The van der Waals surface area contributed by atoms with Crippen molar-refractivity contribution in [3.63, 3.8) is 0 Å². The fraction of sp³-hybridized carbons (Fsp3) is 0.652. The highest BCUT2D eigenvalue weighted by Gasteiger charge is 2.45. The lowest BCUT2D eigenvalue weighted by Gasteiger charge is -2.55. The van der Waals surface area contributed by atoms with Crippen molar-refractivity contribution in [2.24, 2.45) is 5.92 Å². The Bertz CT molecular complexity index is 775. The lowest BCUT2D eigenvalue weighted by atomic mass is 9.87. The molecule has 158 valence electrons. The molecule has 1 aliphatic carbocycles. The molecular formula is C23H32FN3O2. The SMILES string of the molecule is CC1(C)CN(C(=O)c2ccccc2F)C[C@@H]2CN(C(=O)C3CCCCC3)CCN21. The first kappa shape index (κ1) is 20.3. The van der Waals surface area contributed by atoms with Gasteiger partial charge < -0.3 is 9.80 Å². The molecule has 29 heavy (non-hydrogen) atoms. The van der Waals surface area contributed by atoms with Crippen molar-refractivity contribution in [3.05, 3.63) is 35.6 Å². The van der Waals surface area contributed by atoms with Gasteiger partial charge in [0.15, 0.2) is 0 Å². The molecule has 2 saturated heterocycles. The number of halogens is 1. The van der Waals surface area contributed by atoms with Crippen LogP contribution in [0, 0.1) is 11.7 Å². The van der Waals surface area contributed by atoms with Gasteiger partial charge in [-0.1, -0.05) is 31.4 Å². The summed E-state index contributed by atoms with van der Waals surface area (Å²) in [5, 5.41) is 0. The molecule has 0 bridgehead atoms. The molecule has 1 aromatic rings. The molecule has 4 rings (SSSR count). The Morgan fingerprint density at radius 2 is 1.69 bits per heavy atom. The minimum absolute atomic E-state index is 0.0933. The quantitative estimate of drug-likeness (QED) is 0.765. The van der Waals surface area contributed by atoms with Gasteiger partial charge in [0.25, 0.3) is 5.91 Å². The van der Waals surface area contributed by atoms with Crippen LogP contribution in [0.15, 0.2) is 24.3 Å². The highest BCUT2D eigenvalue weighted by atomic mass is 19.1. The van der Waals surface area contributed by atoms with Gasteiger partial charge in [-0.3, -0.25) is 14.5 Å². The molecule has 1 atom stereocenters. The molecule has 3 aliphatic rings. The van der Waals surface area contributed by atoms with Crippen molar-refractivity contribution in [2.45, 2.75) is 57.5 Å². The minimum Gasteiger partial charge on any atom is -0.340 e. The van der Waals surface area contributed by atoms with Gasteiger partial charge in [-0.05, 0) is 38.8 Å². The molecular weight excluding hydrogens is 369 g/mol. The molecule has 6 heteroatoms. The Kier molecular flexibility index (Phi) is 5.65. The zero-order valence-electron chi connectivity index (χ0n) is 17.6. The molecule has 5 nitrogen and oxygen atoms in total. The smallest absolute Gasteiger partial charge is 0.256 e. The third-order valence-corrected chi connectivity index (χ3v) is 6.93. The fourth-order valence-corrected chi connectivity index (χ4v) is 5.45. The molecule has 0 spiro atoms. The van der Waals surface area contributed by atoms with E-state index in [1.165, 1.54) is 12.5 Å². The zero-order valence-corrected chi connectivity index (χ0v) is 17.6. The maximum absolute atomic E-state index is 14.2. The first-order chi connectivity index (χ1) is 13.9. The van der Waals surface area contributed by atoms with Gasteiger partial charge in [0, 0.05) is 50.2 Å². The van der Waals surface area contributed by atoms with Crippen molar-refractivity contribution in [3.8, 4) is 0 Å². The van der Waals surface area contributed by atoms with Crippen LogP contribution in [0.4, 0.5) is 4.39 Å². The van der Waals surface area contributed by atoms with Crippen LogP contribution in [0.2, 0.25) is 0 Å². The summed E-state index contributed by atoms with van der Waals surface area (Å²) in [5.41, 5.74) is -0.0771. The van der Waals surface area contributed by atoms with Crippen LogP contribution >= 0.6 is 0 Å². The van der Waals surface area contributed by atoms with E-state index in [1.54, 1.807) is 23.1 Å². The highest BCUT2D eigenvalue weighted by molar-refractivity contribution is 5.94. The Labute approximate surface area is 172 Å². The Morgan fingerprint density at radius 1 is 1.00 bits per heavy atom. The molecule has 2 aliphatic heterocycles. The average molecular weight is 402 g/mol. The predicted molar refractivity (Wildman–Crippen MR) is 110 cm³/mol. The van der Waals surface area contributed by atoms with Crippen LogP contribution in [0.1, 0.15) is 56.3 Å². The van der Waals surface area contributed by atoms with Crippen LogP contribution in [-0.2, 0) is 4.79 Å². The second-order valence-corrected chi connectivity index (χ2v) is 9.44. The van der Waals surface area contributed by atoms with Crippen molar-refractivity contribution in [2.75, 3.05) is 32.7 Å². The number of hydrogen-bond donors (Lipinski definition) is 0. The first-order valence-corrected chi connectivity index (χ1v) is 11.0. The largest absolute Gasteiger partial charge is 0.340 e. The molecule has 0 N–H and O–H groups in total. The number of benzene rings is 1. The van der Waals surface area contributed by atoms with Crippen molar-refractivity contribution >= 4 is 11.8 Å². The topological polar surface area (TPSA) is 43.9 Å². The number of amides is 2. The summed E-state index contributed by atoms with van der Waals surface area (Å²) in [7, 11) is 0. The van der Waals surface area contributed by atoms with Crippen LogP contribution < -0.4 is 0 Å². The van der Waals surface area contributed by atoms with Crippen molar-refractivity contribution in [1.29, 1.82) is 0 Å². The summed E-state index contributed by atoms with van der Waals surface area (Å²) in [5.74, 6) is -0.273. The Morgan fingerprint density at radius 3 is 2.41 bits per heavy atom. The molecule has 0 aromatic heterocycles. The van der Waals surface area contributed by atoms with E-state index in [4.69, 9.17) is 0 Å². The lowest BCUT2D eigenvalue weighted by molar-refractivity contribution is -0.143. The van der Waals surface area contributed by atoms with Crippen LogP contribution in [0.25, 0.3) is 0 Å². The summed E-state index contributed by atoms with van der Waals surface area (Å²) in [6.07, 6.45) is 5.55. The maximum atomic E-state index is 14.2. The van der Waals surface area contributed by atoms with E-state index in [9.17, 15) is 14.0 Å². The van der Waals surface area contributed by atoms with Crippen LogP contribution in [-0.4, -0.2) is 70.8 Å². The number of rotatable bonds is 2. The van der Waals surface area contributed by atoms with E-state index >= 15 is 0 Å². The van der Waals surface area contributed by atoms with Gasteiger partial charge in [0.1, 0.15) is 5.82 Å². The fourth-order valence-electron chi connectivity index (χ4n) is 5.45. The van der Waals surface area contributed by atoms with E-state index in [0.29, 0.717) is 25.5 Å². The van der Waals surface area contributed by atoms with E-state index in [-0.39, 0.29) is 29.0 Å². The number of piperazine rings is 2. The normalized spacial score (nSPS) is 25.6. The van der Waals surface area contributed by atoms with E-state index in [1.807, 2.05) is 4.90 Å². The number of hydrogen-bond acceptors (Lipinski definition) is 3. The number of fused-ring (bicyclic) bond motifs is 1. The minimum atomic E-state index is -0.476. The number of carbonyl (C=O) groups excluding carboxylic acids is 2. The predicted octanol–water partition coefficient (Wildman–Crippen LogP) is 3.15. The molecule has 1 aromatic carbocycles. The molecule has 0 unspecified atom stereocenters. The molecule has 2 amide bonds. The van der Waals surface area contributed by atoms with Crippen molar-refractivity contribution < 1.29 is 14.0 Å². The second-order valence-electron chi connectivity index (χ2n) is 9.44. The summed E-state index contributed by atoms with van der Waals surface area (Å²) in [4.78, 5) is 32.3. The van der Waals surface area contributed by atoms with Gasteiger partial charge in [0.05, 0.1) is 5.56 Å². The Balaban J connectivity index is 1.49. The van der Waals surface area contributed by atoms with Gasteiger partial charge in [-0.15, -0.1) is 0 Å². The lowest BCUT2D eigenvalue weighted by Crippen LogP contribution is -2.71. The average Bonchev–Trinajstić information content (AvgIpc) is 2.72. The summed E-state index contributed by atoms with van der Waals surface area (Å²) >= 11 is 0. The first-order valence-electron chi connectivity index (χ1n) is 11.0. The van der Waals surface area contributed by atoms with Gasteiger partial charge in [-0.2, -0.15) is 0 Å². The van der Waals surface area contributed by atoms with Crippen LogP contribution in [0.3, 0.4) is 0 Å². The molecule has 1 saturated carbocycles. The third kappa shape index (κ3) is 4.04. The molecule has 0 radical (unpaired) electrons. The van der Waals surface area contributed by atoms with Gasteiger partial charge in [0.2, 0.25) is 5.91 Å². The van der Waals surface area contributed by atoms with Crippen LogP contribution in [0.5, 0.6) is 0 Å².